The van der Waals surface area contributed by atoms with Crippen molar-refractivity contribution in [3.8, 4) is 33.4 Å². The van der Waals surface area contributed by atoms with E-state index in [0.29, 0.717) is 0 Å². The molecule has 0 saturated heterocycles. The molecular formula is C48H30S2. The molecule has 0 aliphatic heterocycles. The van der Waals surface area contributed by atoms with Crippen molar-refractivity contribution in [3.63, 3.8) is 0 Å². The quantitative estimate of drug-likeness (QED) is 0.164. The Balaban J connectivity index is 1.12. The van der Waals surface area contributed by atoms with E-state index in [0.717, 1.165) is 12.8 Å². The molecule has 0 radical (unpaired) electrons. The molecule has 50 heavy (non-hydrogen) atoms. The highest BCUT2D eigenvalue weighted by Gasteiger charge is 2.20. The Morgan fingerprint density at radius 3 is 1.62 bits per heavy atom. The van der Waals surface area contributed by atoms with Crippen LogP contribution in [0.5, 0.6) is 0 Å². The number of allylic oxidation sites excluding steroid dienone is 1. The van der Waals surface area contributed by atoms with Gasteiger partial charge in [0.25, 0.3) is 0 Å². The van der Waals surface area contributed by atoms with Gasteiger partial charge >= 0.3 is 0 Å². The second-order valence-electron chi connectivity index (χ2n) is 13.5. The summed E-state index contributed by atoms with van der Waals surface area (Å²) in [5.41, 5.74) is 9.13. The van der Waals surface area contributed by atoms with Crippen molar-refractivity contribution in [3.05, 3.63) is 162 Å². The number of rotatable bonds is 3. The fraction of sp³-hybridized carbons (Fsp3) is 0.0417. The van der Waals surface area contributed by atoms with Crippen LogP contribution < -0.4 is 0 Å². The van der Waals surface area contributed by atoms with Gasteiger partial charge in [0, 0.05) is 35.1 Å². The number of hydrogen-bond donors (Lipinski definition) is 0. The average Bonchev–Trinajstić information content (AvgIpc) is 3.75. The SMILES string of the molecule is C1=Cc2sc3ccc4c(ccc5sc6cc(-c7c8ccccc8c(-c8ccc(-c9ccccc9)cc8)c8ccccc78)ccc6c54)c3c2CC1. The number of benzene rings is 8. The van der Waals surface area contributed by atoms with Crippen LogP contribution in [0.3, 0.4) is 0 Å². The van der Waals surface area contributed by atoms with E-state index in [9.17, 15) is 0 Å². The third-order valence-corrected chi connectivity index (χ3v) is 13.0. The summed E-state index contributed by atoms with van der Waals surface area (Å²) in [7, 11) is 0. The molecule has 8 aromatic carbocycles. The maximum atomic E-state index is 2.45. The Labute approximate surface area is 298 Å². The van der Waals surface area contributed by atoms with Crippen LogP contribution in [-0.4, -0.2) is 0 Å². The predicted molar refractivity (Wildman–Crippen MR) is 221 cm³/mol. The molecule has 0 saturated carbocycles. The zero-order valence-corrected chi connectivity index (χ0v) is 28.9. The summed E-state index contributed by atoms with van der Waals surface area (Å²) >= 11 is 3.87. The minimum absolute atomic E-state index is 1.13. The Kier molecular flexibility index (Phi) is 6.22. The van der Waals surface area contributed by atoms with Gasteiger partial charge in [-0.2, -0.15) is 0 Å². The van der Waals surface area contributed by atoms with Crippen molar-refractivity contribution in [1.82, 2.24) is 0 Å². The fourth-order valence-corrected chi connectivity index (χ4v) is 10.9. The molecule has 0 atom stereocenters. The zero-order chi connectivity index (χ0) is 32.8. The number of hydrogen-bond acceptors (Lipinski definition) is 2. The lowest BCUT2D eigenvalue weighted by atomic mass is 9.85. The van der Waals surface area contributed by atoms with Gasteiger partial charge in [0.1, 0.15) is 0 Å². The van der Waals surface area contributed by atoms with Gasteiger partial charge in [-0.3, -0.25) is 0 Å². The van der Waals surface area contributed by atoms with Crippen molar-refractivity contribution in [1.29, 1.82) is 0 Å². The summed E-state index contributed by atoms with van der Waals surface area (Å²) in [6.07, 6.45) is 6.92. The van der Waals surface area contributed by atoms with E-state index in [1.165, 1.54) is 106 Å². The van der Waals surface area contributed by atoms with E-state index in [1.54, 1.807) is 0 Å². The molecule has 1 aliphatic rings. The first-order valence-corrected chi connectivity index (χ1v) is 19.0. The molecule has 1 aliphatic carbocycles. The van der Waals surface area contributed by atoms with E-state index in [2.05, 4.69) is 158 Å². The minimum atomic E-state index is 1.13. The summed E-state index contributed by atoms with van der Waals surface area (Å²) in [5.74, 6) is 0. The van der Waals surface area contributed by atoms with Crippen LogP contribution in [0, 0.1) is 0 Å². The number of thiophene rings is 2. The molecule has 2 heteroatoms. The van der Waals surface area contributed by atoms with Crippen LogP contribution >= 0.6 is 22.7 Å². The summed E-state index contributed by atoms with van der Waals surface area (Å²) in [6.45, 7) is 0. The highest BCUT2D eigenvalue weighted by Crippen LogP contribution is 2.48. The molecule has 0 unspecified atom stereocenters. The molecule has 0 amide bonds. The van der Waals surface area contributed by atoms with Crippen molar-refractivity contribution in [2.75, 3.05) is 0 Å². The first-order chi connectivity index (χ1) is 24.8. The monoisotopic (exact) mass is 670 g/mol. The molecule has 2 aromatic heterocycles. The number of aryl methyl sites for hydroxylation is 1. The van der Waals surface area contributed by atoms with Crippen molar-refractivity contribution in [2.24, 2.45) is 0 Å². The van der Waals surface area contributed by atoms with Crippen LogP contribution in [0.25, 0.3) is 102 Å². The minimum Gasteiger partial charge on any atom is -0.136 e. The summed E-state index contributed by atoms with van der Waals surface area (Å²) in [5, 5.41) is 12.1. The smallest absolute Gasteiger partial charge is 0.0361 e. The van der Waals surface area contributed by atoms with Gasteiger partial charge in [0.2, 0.25) is 0 Å². The van der Waals surface area contributed by atoms with Gasteiger partial charge < -0.3 is 0 Å². The molecular weight excluding hydrogens is 641 g/mol. The van der Waals surface area contributed by atoms with E-state index in [1.807, 2.05) is 22.7 Å². The lowest BCUT2D eigenvalue weighted by Gasteiger charge is -2.18. The molecule has 0 nitrogen and oxygen atoms in total. The Morgan fingerprint density at radius 1 is 0.380 bits per heavy atom. The van der Waals surface area contributed by atoms with E-state index in [4.69, 9.17) is 0 Å². The van der Waals surface area contributed by atoms with Gasteiger partial charge in [0.05, 0.1) is 0 Å². The molecule has 0 bridgehead atoms. The van der Waals surface area contributed by atoms with Crippen LogP contribution in [-0.2, 0) is 6.42 Å². The molecule has 0 spiro atoms. The van der Waals surface area contributed by atoms with Gasteiger partial charge in [-0.05, 0) is 108 Å². The maximum absolute atomic E-state index is 2.45. The molecule has 234 valence electrons. The summed E-state index contributed by atoms with van der Waals surface area (Å²) in [6, 6.07) is 54.4. The molecule has 0 fully saturated rings. The van der Waals surface area contributed by atoms with Crippen molar-refractivity contribution in [2.45, 2.75) is 12.8 Å². The van der Waals surface area contributed by atoms with Crippen LogP contribution in [0.1, 0.15) is 16.9 Å². The second kappa shape index (κ2) is 11.0. The predicted octanol–water partition coefficient (Wildman–Crippen LogP) is 14.7. The highest BCUT2D eigenvalue weighted by atomic mass is 32.1. The largest absolute Gasteiger partial charge is 0.136 e. The Bertz CT molecular complexity index is 2950. The Hall–Kier alpha value is -5.54. The van der Waals surface area contributed by atoms with E-state index >= 15 is 0 Å². The van der Waals surface area contributed by atoms with Gasteiger partial charge in [-0.25, -0.2) is 0 Å². The van der Waals surface area contributed by atoms with Gasteiger partial charge in [-0.15, -0.1) is 22.7 Å². The summed E-state index contributed by atoms with van der Waals surface area (Å²) < 4.78 is 4.11. The standard InChI is InChI=1S/C48H30S2/c1-2-10-29(11-3-1)30-18-20-31(21-19-30)45-33-12-4-6-14-35(33)46(36-15-7-5-13-34(36)45)32-22-23-40-44(28-32)50-43-27-25-37-38(48(40)43)24-26-42-47(37)39-16-8-9-17-41(39)49-42/h1-7,9-15,17-28H,8,16H2. The molecule has 2 heterocycles. The zero-order valence-electron chi connectivity index (χ0n) is 27.2. The fourth-order valence-electron chi connectivity index (χ4n) is 8.53. The van der Waals surface area contributed by atoms with E-state index < -0.39 is 0 Å². The highest BCUT2D eigenvalue weighted by molar-refractivity contribution is 7.26. The third-order valence-electron chi connectivity index (χ3n) is 10.7. The first-order valence-electron chi connectivity index (χ1n) is 17.4. The molecule has 0 N–H and O–H groups in total. The second-order valence-corrected chi connectivity index (χ2v) is 15.6. The lowest BCUT2D eigenvalue weighted by molar-refractivity contribution is 1.01. The van der Waals surface area contributed by atoms with Crippen molar-refractivity contribution < 1.29 is 0 Å². The maximum Gasteiger partial charge on any atom is 0.0361 e. The average molecular weight is 671 g/mol. The normalized spacial score (nSPS) is 13.0. The van der Waals surface area contributed by atoms with Crippen molar-refractivity contribution >= 4 is 91.3 Å². The van der Waals surface area contributed by atoms with Crippen LogP contribution in [0.15, 0.2) is 152 Å². The van der Waals surface area contributed by atoms with Crippen LogP contribution in [0.2, 0.25) is 0 Å². The molecule has 11 rings (SSSR count). The first kappa shape index (κ1) is 28.3. The Morgan fingerprint density at radius 2 is 0.920 bits per heavy atom. The van der Waals surface area contributed by atoms with E-state index in [-0.39, 0.29) is 0 Å². The lowest BCUT2D eigenvalue weighted by Crippen LogP contribution is -1.91. The number of fused-ring (bicyclic) bond motifs is 11. The molecule has 10 aromatic rings. The van der Waals surface area contributed by atoms with Gasteiger partial charge in [0.15, 0.2) is 0 Å². The topological polar surface area (TPSA) is 0 Å². The van der Waals surface area contributed by atoms with Gasteiger partial charge in [-0.1, -0.05) is 133 Å². The summed E-state index contributed by atoms with van der Waals surface area (Å²) in [4.78, 5) is 1.44. The van der Waals surface area contributed by atoms with Crippen LogP contribution in [0.4, 0.5) is 0 Å². The third kappa shape index (κ3) is 4.16.